The zero-order chi connectivity index (χ0) is 16.3. The number of nitrogens with two attached hydrogens (primary N) is 1. The maximum absolute atomic E-state index is 11.9. The molecule has 0 bridgehead atoms. The average molecular weight is 326 g/mol. The molecular weight excluding hydrogens is 306 g/mol. The lowest BCUT2D eigenvalue weighted by Gasteiger charge is -2.16. The van der Waals surface area contributed by atoms with Gasteiger partial charge in [-0.15, -0.1) is 0 Å². The first-order valence-corrected chi connectivity index (χ1v) is 7.51. The van der Waals surface area contributed by atoms with Crippen molar-refractivity contribution in [2.75, 3.05) is 13.2 Å². The fraction of sp³-hybridized carbons (Fsp3) is 0.467. The summed E-state index contributed by atoms with van der Waals surface area (Å²) in [5.41, 5.74) is 6.55. The third-order valence-corrected chi connectivity index (χ3v) is 3.77. The van der Waals surface area contributed by atoms with Gasteiger partial charge in [-0.25, -0.2) is 0 Å². The van der Waals surface area contributed by atoms with Gasteiger partial charge in [0.05, 0.1) is 18.6 Å². The summed E-state index contributed by atoms with van der Waals surface area (Å²) in [5, 5.41) is 5.92. The zero-order valence-corrected chi connectivity index (χ0v) is 13.3. The lowest BCUT2D eigenvalue weighted by atomic mass is 10.1. The van der Waals surface area contributed by atoms with Crippen LogP contribution in [0.25, 0.3) is 0 Å². The number of ether oxygens (including phenoxy) is 1. The van der Waals surface area contributed by atoms with E-state index in [2.05, 4.69) is 10.6 Å². The number of benzene rings is 1. The van der Waals surface area contributed by atoms with Crippen molar-refractivity contribution in [2.45, 2.75) is 25.9 Å². The van der Waals surface area contributed by atoms with Gasteiger partial charge in [0.1, 0.15) is 12.4 Å². The largest absolute Gasteiger partial charge is 0.491 e. The third-order valence-electron chi connectivity index (χ3n) is 3.53. The molecule has 0 saturated heterocycles. The number of halogens is 1. The molecule has 2 rings (SSSR count). The molecule has 0 aromatic heterocycles. The molecule has 22 heavy (non-hydrogen) atoms. The maximum atomic E-state index is 11.9. The average Bonchev–Trinajstić information content (AvgIpc) is 2.86. The second-order valence-corrected chi connectivity index (χ2v) is 6.04. The Morgan fingerprint density at radius 1 is 1.45 bits per heavy atom. The molecule has 1 aliphatic heterocycles. The standard InChI is InChI=1S/C15H20ClN3O3/c1-8(2)14(17)15(21)18-6-13(20)19-11-7-22-12-4-3-9(16)5-10(11)12/h3-5,8,11,14H,6-7,17H2,1-2H3,(H,18,21)(H,19,20)/t11?,14-/m0/s1. The number of rotatable bonds is 5. The van der Waals surface area contributed by atoms with Gasteiger partial charge in [0, 0.05) is 10.6 Å². The lowest BCUT2D eigenvalue weighted by molar-refractivity contribution is -0.127. The van der Waals surface area contributed by atoms with Gasteiger partial charge in [-0.2, -0.15) is 0 Å². The van der Waals surface area contributed by atoms with Crippen LogP contribution in [0.4, 0.5) is 0 Å². The Labute approximate surface area is 134 Å². The van der Waals surface area contributed by atoms with E-state index >= 15 is 0 Å². The fourth-order valence-electron chi connectivity index (χ4n) is 2.14. The highest BCUT2D eigenvalue weighted by molar-refractivity contribution is 6.30. The molecule has 1 heterocycles. The number of amides is 2. The van der Waals surface area contributed by atoms with Gasteiger partial charge in [-0.3, -0.25) is 9.59 Å². The van der Waals surface area contributed by atoms with Crippen molar-refractivity contribution in [3.05, 3.63) is 28.8 Å². The number of nitrogens with one attached hydrogen (secondary N) is 2. The van der Waals surface area contributed by atoms with Crippen LogP contribution in [0.1, 0.15) is 25.5 Å². The number of carbonyl (C=O) groups excluding carboxylic acids is 2. The smallest absolute Gasteiger partial charge is 0.240 e. The molecule has 0 fully saturated rings. The Morgan fingerprint density at radius 3 is 2.86 bits per heavy atom. The van der Waals surface area contributed by atoms with E-state index in [0.717, 1.165) is 5.56 Å². The summed E-state index contributed by atoms with van der Waals surface area (Å²) < 4.78 is 5.48. The molecule has 1 unspecified atom stereocenters. The number of fused-ring (bicyclic) bond motifs is 1. The Hall–Kier alpha value is -1.79. The molecule has 7 heteroatoms. The second kappa shape index (κ2) is 6.98. The van der Waals surface area contributed by atoms with Crippen LogP contribution in [0.2, 0.25) is 5.02 Å². The minimum atomic E-state index is -0.623. The third kappa shape index (κ3) is 3.90. The van der Waals surface area contributed by atoms with Crippen LogP contribution in [0.5, 0.6) is 5.75 Å². The molecule has 1 aliphatic rings. The van der Waals surface area contributed by atoms with Crippen LogP contribution in [0.15, 0.2) is 18.2 Å². The zero-order valence-electron chi connectivity index (χ0n) is 12.6. The van der Waals surface area contributed by atoms with Crippen LogP contribution in [-0.2, 0) is 9.59 Å². The fourth-order valence-corrected chi connectivity index (χ4v) is 2.32. The summed E-state index contributed by atoms with van der Waals surface area (Å²) in [6.45, 7) is 3.92. The Kier molecular flexibility index (Phi) is 5.26. The molecule has 0 aliphatic carbocycles. The van der Waals surface area contributed by atoms with E-state index < -0.39 is 6.04 Å². The molecule has 6 nitrogen and oxygen atoms in total. The highest BCUT2D eigenvalue weighted by Crippen LogP contribution is 2.34. The summed E-state index contributed by atoms with van der Waals surface area (Å²) >= 11 is 5.95. The quantitative estimate of drug-likeness (QED) is 0.752. The molecule has 1 aromatic rings. The normalized spacial score (nSPS) is 17.6. The summed E-state index contributed by atoms with van der Waals surface area (Å²) in [6.07, 6.45) is 0. The molecule has 0 saturated carbocycles. The van der Waals surface area contributed by atoms with Crippen LogP contribution in [0, 0.1) is 5.92 Å². The van der Waals surface area contributed by atoms with Crippen LogP contribution >= 0.6 is 11.6 Å². The number of hydrogen-bond donors (Lipinski definition) is 3. The van der Waals surface area contributed by atoms with Crippen molar-refractivity contribution in [1.82, 2.24) is 10.6 Å². The summed E-state index contributed by atoms with van der Waals surface area (Å²) in [4.78, 5) is 23.6. The van der Waals surface area contributed by atoms with Crippen LogP contribution < -0.4 is 21.1 Å². The van der Waals surface area contributed by atoms with Gasteiger partial charge in [0.25, 0.3) is 0 Å². The van der Waals surface area contributed by atoms with Crippen molar-refractivity contribution >= 4 is 23.4 Å². The van der Waals surface area contributed by atoms with Gasteiger partial charge in [-0.05, 0) is 24.1 Å². The Morgan fingerprint density at radius 2 is 2.18 bits per heavy atom. The topological polar surface area (TPSA) is 93.5 Å². The van der Waals surface area contributed by atoms with Crippen molar-refractivity contribution in [2.24, 2.45) is 11.7 Å². The van der Waals surface area contributed by atoms with Crippen molar-refractivity contribution in [3.8, 4) is 5.75 Å². The summed E-state index contributed by atoms with van der Waals surface area (Å²) in [5.74, 6) is 0.0860. The minimum absolute atomic E-state index is 0.0142. The van der Waals surface area contributed by atoms with Gasteiger partial charge >= 0.3 is 0 Å². The first kappa shape index (κ1) is 16.6. The van der Waals surface area contributed by atoms with E-state index in [1.165, 1.54) is 0 Å². The van der Waals surface area contributed by atoms with E-state index in [1.807, 2.05) is 13.8 Å². The van der Waals surface area contributed by atoms with Crippen LogP contribution in [0.3, 0.4) is 0 Å². The first-order valence-electron chi connectivity index (χ1n) is 7.13. The Bertz CT molecular complexity index is 577. The molecule has 2 atom stereocenters. The molecule has 2 amide bonds. The van der Waals surface area contributed by atoms with Crippen LogP contribution in [-0.4, -0.2) is 31.0 Å². The molecule has 0 spiro atoms. The van der Waals surface area contributed by atoms with Gasteiger partial charge in [0.15, 0.2) is 0 Å². The van der Waals surface area contributed by atoms with Gasteiger partial charge in [-0.1, -0.05) is 25.4 Å². The Balaban J connectivity index is 1.87. The molecule has 120 valence electrons. The minimum Gasteiger partial charge on any atom is -0.491 e. The van der Waals surface area contributed by atoms with Crippen molar-refractivity contribution < 1.29 is 14.3 Å². The summed E-state index contributed by atoms with van der Waals surface area (Å²) in [6, 6.07) is 4.38. The highest BCUT2D eigenvalue weighted by atomic mass is 35.5. The van der Waals surface area contributed by atoms with Gasteiger partial charge in [0.2, 0.25) is 11.8 Å². The SMILES string of the molecule is CC(C)[C@H](N)C(=O)NCC(=O)NC1COc2ccc(Cl)cc21. The van der Waals surface area contributed by atoms with Gasteiger partial charge < -0.3 is 21.1 Å². The van der Waals surface area contributed by atoms with E-state index in [4.69, 9.17) is 22.1 Å². The monoisotopic (exact) mass is 325 g/mol. The first-order chi connectivity index (χ1) is 10.4. The molecule has 4 N–H and O–H groups in total. The van der Waals surface area contributed by atoms with Crippen molar-refractivity contribution in [1.29, 1.82) is 0 Å². The number of carbonyl (C=O) groups is 2. The molecular formula is C15H20ClN3O3. The molecule has 1 aromatic carbocycles. The highest BCUT2D eigenvalue weighted by Gasteiger charge is 2.26. The second-order valence-electron chi connectivity index (χ2n) is 5.60. The van der Waals surface area contributed by atoms with Crippen molar-refractivity contribution in [3.63, 3.8) is 0 Å². The summed E-state index contributed by atoms with van der Waals surface area (Å²) in [7, 11) is 0. The lowest BCUT2D eigenvalue weighted by Crippen LogP contribution is -2.47. The molecule has 0 radical (unpaired) electrons. The van der Waals surface area contributed by atoms with E-state index in [0.29, 0.717) is 17.4 Å². The predicted octanol–water partition coefficient (Wildman–Crippen LogP) is 0.989. The van der Waals surface area contributed by atoms with E-state index in [-0.39, 0.29) is 30.3 Å². The predicted molar refractivity (Wildman–Crippen MR) is 83.7 cm³/mol. The van der Waals surface area contributed by atoms with E-state index in [9.17, 15) is 9.59 Å². The maximum Gasteiger partial charge on any atom is 0.240 e. The van der Waals surface area contributed by atoms with E-state index in [1.54, 1.807) is 18.2 Å². The number of hydrogen-bond acceptors (Lipinski definition) is 4.